The predicted octanol–water partition coefficient (Wildman–Crippen LogP) is 2.81. The molecule has 3 aromatic rings. The van der Waals surface area contributed by atoms with E-state index < -0.39 is 0 Å². The van der Waals surface area contributed by atoms with Gasteiger partial charge in [-0.25, -0.2) is 15.0 Å². The Morgan fingerprint density at radius 1 is 1.21 bits per heavy atom. The van der Waals surface area contributed by atoms with Crippen LogP contribution in [0.25, 0.3) is 0 Å². The normalized spacial score (nSPS) is 10.5. The lowest BCUT2D eigenvalue weighted by molar-refractivity contribution is 0.660. The van der Waals surface area contributed by atoms with Crippen LogP contribution in [0, 0.1) is 6.92 Å². The molecular weight excluding hydrogens is 302 g/mol. The van der Waals surface area contributed by atoms with Crippen molar-refractivity contribution < 1.29 is 0 Å². The molecule has 4 N–H and O–H groups in total. The van der Waals surface area contributed by atoms with Crippen molar-refractivity contribution in [2.24, 2.45) is 0 Å². The van der Waals surface area contributed by atoms with Crippen molar-refractivity contribution in [2.45, 2.75) is 19.9 Å². The minimum atomic E-state index is 0.515. The molecule has 0 atom stereocenters. The van der Waals surface area contributed by atoms with Crippen LogP contribution in [0.4, 0.5) is 23.0 Å². The zero-order chi connectivity index (χ0) is 16.8. The van der Waals surface area contributed by atoms with Gasteiger partial charge in [-0.2, -0.15) is 0 Å². The number of aromatic nitrogens is 4. The maximum Gasteiger partial charge on any atom is 0.159 e. The average molecular weight is 323 g/mol. The number of anilines is 4. The number of rotatable bonds is 7. The van der Waals surface area contributed by atoms with E-state index in [1.54, 1.807) is 6.20 Å². The van der Waals surface area contributed by atoms with E-state index in [2.05, 4.69) is 25.6 Å². The van der Waals surface area contributed by atoms with Gasteiger partial charge in [0, 0.05) is 31.2 Å². The summed E-state index contributed by atoms with van der Waals surface area (Å²) in [4.78, 5) is 12.5. The second-order valence-corrected chi connectivity index (χ2v) is 5.56. The van der Waals surface area contributed by atoms with Crippen molar-refractivity contribution in [3.63, 3.8) is 0 Å². The third kappa shape index (κ3) is 4.01. The van der Waals surface area contributed by atoms with E-state index >= 15 is 0 Å². The molecule has 0 fully saturated rings. The van der Waals surface area contributed by atoms with Crippen LogP contribution in [0.2, 0.25) is 0 Å². The van der Waals surface area contributed by atoms with Crippen LogP contribution in [0.1, 0.15) is 12.0 Å². The van der Waals surface area contributed by atoms with Crippen LogP contribution in [0.15, 0.2) is 49.3 Å². The number of nitrogens with two attached hydrogens (primary N) is 1. The van der Waals surface area contributed by atoms with Gasteiger partial charge in [0.25, 0.3) is 0 Å². The number of nitrogens with zero attached hydrogens (tertiary/aromatic N) is 4. The van der Waals surface area contributed by atoms with E-state index in [0.29, 0.717) is 17.3 Å². The van der Waals surface area contributed by atoms with E-state index in [1.165, 1.54) is 11.9 Å². The number of imidazole rings is 1. The smallest absolute Gasteiger partial charge is 0.159 e. The highest BCUT2D eigenvalue weighted by Gasteiger charge is 2.08. The number of hydrogen-bond donors (Lipinski definition) is 3. The van der Waals surface area contributed by atoms with Crippen LogP contribution >= 0.6 is 0 Å². The summed E-state index contributed by atoms with van der Waals surface area (Å²) in [6, 6.07) is 8.05. The zero-order valence-corrected chi connectivity index (χ0v) is 13.6. The van der Waals surface area contributed by atoms with E-state index in [4.69, 9.17) is 5.73 Å². The summed E-state index contributed by atoms with van der Waals surface area (Å²) in [6.07, 6.45) is 7.98. The molecule has 124 valence electrons. The number of hydrogen-bond acceptors (Lipinski definition) is 6. The maximum absolute atomic E-state index is 6.18. The lowest BCUT2D eigenvalue weighted by Crippen LogP contribution is -2.10. The molecule has 0 unspecified atom stereocenters. The summed E-state index contributed by atoms with van der Waals surface area (Å²) < 4.78 is 2.04. The standard InChI is InChI=1S/C17H21N7/c1-13-4-2-5-14(10-13)23-17-15(18)16(21-11-22-17)20-6-3-8-24-9-7-19-12-24/h2,4-5,7,9-12H,3,6,8,18H2,1H3,(H2,20,21,22,23). The number of nitrogen functional groups attached to an aromatic ring is 1. The summed E-state index contributed by atoms with van der Waals surface area (Å²) in [5.74, 6) is 1.25. The molecule has 0 spiro atoms. The molecule has 0 saturated carbocycles. The molecule has 7 nitrogen and oxygen atoms in total. The Kier molecular flexibility index (Phi) is 4.90. The van der Waals surface area contributed by atoms with Crippen LogP contribution in [-0.2, 0) is 6.54 Å². The number of benzene rings is 1. The van der Waals surface area contributed by atoms with Crippen LogP contribution in [0.5, 0.6) is 0 Å². The molecule has 0 radical (unpaired) electrons. The molecular formula is C17H21N7. The van der Waals surface area contributed by atoms with Gasteiger partial charge in [0.05, 0.1) is 6.33 Å². The molecule has 0 saturated heterocycles. The molecule has 0 aliphatic heterocycles. The van der Waals surface area contributed by atoms with Gasteiger partial charge in [-0.3, -0.25) is 0 Å². The maximum atomic E-state index is 6.18. The molecule has 3 rings (SSSR count). The summed E-state index contributed by atoms with van der Waals surface area (Å²) >= 11 is 0. The zero-order valence-electron chi connectivity index (χ0n) is 13.6. The Hall–Kier alpha value is -3.09. The first-order chi connectivity index (χ1) is 11.7. The van der Waals surface area contributed by atoms with Gasteiger partial charge in [-0.15, -0.1) is 0 Å². The molecule has 0 aliphatic rings. The van der Waals surface area contributed by atoms with E-state index in [-0.39, 0.29) is 0 Å². The first kappa shape index (κ1) is 15.8. The lowest BCUT2D eigenvalue weighted by atomic mass is 10.2. The number of nitrogens with one attached hydrogen (secondary N) is 2. The van der Waals surface area contributed by atoms with E-state index in [1.807, 2.05) is 48.3 Å². The molecule has 0 bridgehead atoms. The second-order valence-electron chi connectivity index (χ2n) is 5.56. The molecule has 0 aliphatic carbocycles. The van der Waals surface area contributed by atoms with Gasteiger partial charge in [0.2, 0.25) is 0 Å². The summed E-state index contributed by atoms with van der Waals surface area (Å²) in [5, 5.41) is 6.50. The Labute approximate surface area is 141 Å². The van der Waals surface area contributed by atoms with Crippen LogP contribution in [-0.4, -0.2) is 26.1 Å². The molecule has 0 amide bonds. The van der Waals surface area contributed by atoms with Gasteiger partial charge in [0.1, 0.15) is 12.0 Å². The van der Waals surface area contributed by atoms with Gasteiger partial charge in [-0.1, -0.05) is 12.1 Å². The largest absolute Gasteiger partial charge is 0.393 e. The van der Waals surface area contributed by atoms with Gasteiger partial charge < -0.3 is 20.9 Å². The monoisotopic (exact) mass is 323 g/mol. The van der Waals surface area contributed by atoms with Crippen molar-refractivity contribution in [1.82, 2.24) is 19.5 Å². The first-order valence-electron chi connectivity index (χ1n) is 7.86. The Morgan fingerprint density at radius 2 is 2.08 bits per heavy atom. The third-order valence-electron chi connectivity index (χ3n) is 3.61. The molecule has 2 heterocycles. The first-order valence-corrected chi connectivity index (χ1v) is 7.86. The minimum Gasteiger partial charge on any atom is -0.393 e. The fourth-order valence-corrected chi connectivity index (χ4v) is 2.38. The average Bonchev–Trinajstić information content (AvgIpc) is 3.08. The highest BCUT2D eigenvalue weighted by Crippen LogP contribution is 2.25. The fourth-order valence-electron chi connectivity index (χ4n) is 2.38. The van der Waals surface area contributed by atoms with Crippen LogP contribution in [0.3, 0.4) is 0 Å². The lowest BCUT2D eigenvalue weighted by Gasteiger charge is -2.13. The van der Waals surface area contributed by atoms with E-state index in [0.717, 1.165) is 25.2 Å². The molecule has 24 heavy (non-hydrogen) atoms. The number of aryl methyl sites for hydroxylation is 2. The van der Waals surface area contributed by atoms with Crippen molar-refractivity contribution in [1.29, 1.82) is 0 Å². The summed E-state index contributed by atoms with van der Waals surface area (Å²) in [6.45, 7) is 3.71. The fraction of sp³-hybridized carbons (Fsp3) is 0.235. The highest BCUT2D eigenvalue weighted by atomic mass is 15.1. The van der Waals surface area contributed by atoms with Crippen molar-refractivity contribution in [3.05, 3.63) is 54.9 Å². The third-order valence-corrected chi connectivity index (χ3v) is 3.61. The molecule has 1 aromatic carbocycles. The Morgan fingerprint density at radius 3 is 2.88 bits per heavy atom. The van der Waals surface area contributed by atoms with Gasteiger partial charge in [0.15, 0.2) is 11.6 Å². The van der Waals surface area contributed by atoms with Crippen molar-refractivity contribution in [3.8, 4) is 0 Å². The van der Waals surface area contributed by atoms with Gasteiger partial charge >= 0.3 is 0 Å². The minimum absolute atomic E-state index is 0.515. The quantitative estimate of drug-likeness (QED) is 0.579. The van der Waals surface area contributed by atoms with Crippen molar-refractivity contribution >= 4 is 23.0 Å². The second kappa shape index (κ2) is 7.45. The SMILES string of the molecule is Cc1cccc(Nc2ncnc(NCCCn3ccnc3)c2N)c1. The van der Waals surface area contributed by atoms with Crippen LogP contribution < -0.4 is 16.4 Å². The van der Waals surface area contributed by atoms with E-state index in [9.17, 15) is 0 Å². The Bertz CT molecular complexity index is 783. The Balaban J connectivity index is 1.60. The highest BCUT2D eigenvalue weighted by molar-refractivity contribution is 5.77. The summed E-state index contributed by atoms with van der Waals surface area (Å²) in [7, 11) is 0. The molecule has 2 aromatic heterocycles. The predicted molar refractivity (Wildman–Crippen MR) is 96.2 cm³/mol. The van der Waals surface area contributed by atoms with Crippen molar-refractivity contribution in [2.75, 3.05) is 22.9 Å². The summed E-state index contributed by atoms with van der Waals surface area (Å²) in [5.41, 5.74) is 8.82. The molecule has 7 heteroatoms. The van der Waals surface area contributed by atoms with Gasteiger partial charge in [-0.05, 0) is 31.0 Å². The topological polar surface area (TPSA) is 93.7 Å².